The normalized spacial score (nSPS) is 13.2. The molecule has 0 aliphatic carbocycles. The Bertz CT molecular complexity index is 947. The zero-order valence-corrected chi connectivity index (χ0v) is 14.8. The number of aryl methyl sites for hydroxylation is 1. The molecule has 0 spiro atoms. The minimum Gasteiger partial charge on any atom is -0.467 e. The standard InChI is InChI=1S/C19H17N3O3S/c23-17-6-4-12-8-13(3-5-15(12)21-17)16-11-26-19(22-16)9-18(24)20-10-14-2-1-7-25-14/h1-3,5,7-8,11H,4,6,9-10H2,(H,20,24)(H,21,23). The molecule has 1 aromatic carbocycles. The summed E-state index contributed by atoms with van der Waals surface area (Å²) in [5.41, 5.74) is 3.84. The summed E-state index contributed by atoms with van der Waals surface area (Å²) in [5.74, 6) is 0.691. The number of hydrogen-bond acceptors (Lipinski definition) is 5. The van der Waals surface area contributed by atoms with Gasteiger partial charge in [-0.3, -0.25) is 9.59 Å². The molecule has 3 aromatic rings. The molecular weight excluding hydrogens is 350 g/mol. The van der Waals surface area contributed by atoms with Gasteiger partial charge in [0.1, 0.15) is 10.8 Å². The number of furan rings is 1. The molecule has 2 N–H and O–H groups in total. The first-order chi connectivity index (χ1) is 12.7. The molecule has 1 aliphatic rings. The number of rotatable bonds is 5. The van der Waals surface area contributed by atoms with E-state index in [9.17, 15) is 9.59 Å². The van der Waals surface area contributed by atoms with E-state index in [0.717, 1.165) is 39.7 Å². The van der Waals surface area contributed by atoms with Gasteiger partial charge in [-0.1, -0.05) is 6.07 Å². The lowest BCUT2D eigenvalue weighted by Gasteiger charge is -2.17. The summed E-state index contributed by atoms with van der Waals surface area (Å²) in [6.07, 6.45) is 3.07. The highest BCUT2D eigenvalue weighted by molar-refractivity contribution is 7.10. The van der Waals surface area contributed by atoms with Gasteiger partial charge in [0.15, 0.2) is 0 Å². The average molecular weight is 367 g/mol. The van der Waals surface area contributed by atoms with Crippen LogP contribution in [0.3, 0.4) is 0 Å². The van der Waals surface area contributed by atoms with E-state index in [0.29, 0.717) is 13.0 Å². The largest absolute Gasteiger partial charge is 0.467 e. The number of hydrogen-bond donors (Lipinski definition) is 2. The van der Waals surface area contributed by atoms with Crippen LogP contribution in [0.2, 0.25) is 0 Å². The summed E-state index contributed by atoms with van der Waals surface area (Å²) in [6.45, 7) is 0.376. The van der Waals surface area contributed by atoms with Crippen molar-refractivity contribution in [1.82, 2.24) is 10.3 Å². The molecule has 0 saturated heterocycles. The molecule has 3 heterocycles. The van der Waals surface area contributed by atoms with Gasteiger partial charge in [0.2, 0.25) is 11.8 Å². The van der Waals surface area contributed by atoms with E-state index in [1.54, 1.807) is 12.3 Å². The number of nitrogens with one attached hydrogen (secondary N) is 2. The molecule has 7 heteroatoms. The van der Waals surface area contributed by atoms with Gasteiger partial charge in [0, 0.05) is 23.1 Å². The molecule has 0 saturated carbocycles. The molecule has 0 unspecified atom stereocenters. The van der Waals surface area contributed by atoms with Gasteiger partial charge in [0.25, 0.3) is 0 Å². The molecule has 6 nitrogen and oxygen atoms in total. The van der Waals surface area contributed by atoms with Crippen molar-refractivity contribution in [2.24, 2.45) is 0 Å². The topological polar surface area (TPSA) is 84.2 Å². The first-order valence-electron chi connectivity index (χ1n) is 8.34. The molecule has 0 fully saturated rings. The summed E-state index contributed by atoms with van der Waals surface area (Å²) < 4.78 is 5.19. The van der Waals surface area contributed by atoms with Gasteiger partial charge in [-0.2, -0.15) is 0 Å². The number of fused-ring (bicyclic) bond motifs is 1. The number of anilines is 1. The first kappa shape index (κ1) is 16.5. The van der Waals surface area contributed by atoms with Gasteiger partial charge >= 0.3 is 0 Å². The van der Waals surface area contributed by atoms with Crippen molar-refractivity contribution in [1.29, 1.82) is 0 Å². The first-order valence-corrected chi connectivity index (χ1v) is 9.22. The SMILES string of the molecule is O=C(Cc1nc(-c2ccc3c(c2)CCC(=O)N3)cs1)NCc1ccco1. The number of thiazole rings is 1. The van der Waals surface area contributed by atoms with Gasteiger partial charge in [-0.05, 0) is 36.2 Å². The van der Waals surface area contributed by atoms with E-state index < -0.39 is 0 Å². The quantitative estimate of drug-likeness (QED) is 0.726. The van der Waals surface area contributed by atoms with E-state index in [1.165, 1.54) is 11.3 Å². The van der Waals surface area contributed by atoms with Crippen molar-refractivity contribution in [2.75, 3.05) is 5.32 Å². The maximum absolute atomic E-state index is 12.0. The van der Waals surface area contributed by atoms with Crippen LogP contribution in [0.1, 0.15) is 22.8 Å². The fraction of sp³-hybridized carbons (Fsp3) is 0.211. The second kappa shape index (κ2) is 7.13. The highest BCUT2D eigenvalue weighted by Gasteiger charge is 2.16. The second-order valence-corrected chi connectivity index (χ2v) is 7.02. The highest BCUT2D eigenvalue weighted by atomic mass is 32.1. The molecular formula is C19H17N3O3S. The summed E-state index contributed by atoms with van der Waals surface area (Å²) in [7, 11) is 0. The lowest BCUT2D eigenvalue weighted by molar-refractivity contribution is -0.120. The van der Waals surface area contributed by atoms with Crippen molar-refractivity contribution in [3.05, 3.63) is 58.3 Å². The Morgan fingerprint density at radius 3 is 3.08 bits per heavy atom. The molecule has 26 heavy (non-hydrogen) atoms. The summed E-state index contributed by atoms with van der Waals surface area (Å²) in [5, 5.41) is 8.42. The van der Waals surface area contributed by atoms with Crippen LogP contribution in [0.25, 0.3) is 11.3 Å². The van der Waals surface area contributed by atoms with Crippen LogP contribution in [0.4, 0.5) is 5.69 Å². The fourth-order valence-electron chi connectivity index (χ4n) is 2.87. The molecule has 0 atom stereocenters. The Kier molecular flexibility index (Phi) is 4.53. The minimum absolute atomic E-state index is 0.0572. The Morgan fingerprint density at radius 2 is 2.23 bits per heavy atom. The molecule has 4 rings (SSSR count). The number of amides is 2. The third kappa shape index (κ3) is 3.67. The van der Waals surface area contributed by atoms with Gasteiger partial charge in [-0.25, -0.2) is 4.98 Å². The van der Waals surface area contributed by atoms with Crippen LogP contribution in [0, 0.1) is 0 Å². The Labute approximate surface area is 154 Å². The Hall–Kier alpha value is -2.93. The third-order valence-electron chi connectivity index (χ3n) is 4.20. The maximum atomic E-state index is 12.0. The van der Waals surface area contributed by atoms with E-state index >= 15 is 0 Å². The third-order valence-corrected chi connectivity index (χ3v) is 5.05. The van der Waals surface area contributed by atoms with E-state index in [-0.39, 0.29) is 18.2 Å². The van der Waals surface area contributed by atoms with Crippen molar-refractivity contribution < 1.29 is 14.0 Å². The molecule has 0 bridgehead atoms. The molecule has 2 aromatic heterocycles. The van der Waals surface area contributed by atoms with Crippen LogP contribution < -0.4 is 10.6 Å². The van der Waals surface area contributed by atoms with Gasteiger partial charge in [-0.15, -0.1) is 11.3 Å². The second-order valence-electron chi connectivity index (χ2n) is 6.08. The van der Waals surface area contributed by atoms with Crippen molar-refractivity contribution in [2.45, 2.75) is 25.8 Å². The lowest BCUT2D eigenvalue weighted by Crippen LogP contribution is -2.24. The van der Waals surface area contributed by atoms with E-state index in [1.807, 2.05) is 23.6 Å². The molecule has 2 amide bonds. The Balaban J connectivity index is 1.41. The predicted octanol–water partition coefficient (Wildman–Crippen LogP) is 3.15. The summed E-state index contributed by atoms with van der Waals surface area (Å²) in [4.78, 5) is 28.1. The smallest absolute Gasteiger partial charge is 0.227 e. The predicted molar refractivity (Wildman–Crippen MR) is 98.8 cm³/mol. The van der Waals surface area contributed by atoms with Gasteiger partial charge in [0.05, 0.1) is 24.9 Å². The maximum Gasteiger partial charge on any atom is 0.227 e. The highest BCUT2D eigenvalue weighted by Crippen LogP contribution is 2.29. The monoisotopic (exact) mass is 367 g/mol. The van der Waals surface area contributed by atoms with Crippen LogP contribution >= 0.6 is 11.3 Å². The van der Waals surface area contributed by atoms with Crippen LogP contribution in [-0.2, 0) is 29.0 Å². The lowest BCUT2D eigenvalue weighted by atomic mass is 9.99. The van der Waals surface area contributed by atoms with Gasteiger partial charge < -0.3 is 15.1 Å². The minimum atomic E-state index is -0.0875. The average Bonchev–Trinajstić information content (AvgIpc) is 3.31. The van der Waals surface area contributed by atoms with E-state index in [2.05, 4.69) is 21.7 Å². The van der Waals surface area contributed by atoms with Crippen molar-refractivity contribution >= 4 is 28.8 Å². The zero-order chi connectivity index (χ0) is 17.9. The number of benzene rings is 1. The summed E-state index contributed by atoms with van der Waals surface area (Å²) >= 11 is 1.47. The number of nitrogens with zero attached hydrogens (tertiary/aromatic N) is 1. The zero-order valence-electron chi connectivity index (χ0n) is 14.0. The number of carbonyl (C=O) groups excluding carboxylic acids is 2. The van der Waals surface area contributed by atoms with Crippen LogP contribution in [0.15, 0.2) is 46.4 Å². The van der Waals surface area contributed by atoms with Crippen molar-refractivity contribution in [3.8, 4) is 11.3 Å². The summed E-state index contributed by atoms with van der Waals surface area (Å²) in [6, 6.07) is 9.53. The van der Waals surface area contributed by atoms with Crippen molar-refractivity contribution in [3.63, 3.8) is 0 Å². The fourth-order valence-corrected chi connectivity index (χ4v) is 3.67. The van der Waals surface area contributed by atoms with Crippen LogP contribution in [0.5, 0.6) is 0 Å². The number of aromatic nitrogens is 1. The van der Waals surface area contributed by atoms with Crippen LogP contribution in [-0.4, -0.2) is 16.8 Å². The Morgan fingerprint density at radius 1 is 1.31 bits per heavy atom. The molecule has 132 valence electrons. The number of carbonyl (C=O) groups is 2. The molecule has 0 radical (unpaired) electrons. The molecule has 1 aliphatic heterocycles. The van der Waals surface area contributed by atoms with E-state index in [4.69, 9.17) is 4.42 Å².